The zero-order valence-electron chi connectivity index (χ0n) is 16.2. The number of hydrogen-bond donors (Lipinski definition) is 1. The van der Waals surface area contributed by atoms with Gasteiger partial charge in [-0.2, -0.15) is 5.10 Å². The number of nitrogens with one attached hydrogen (secondary N) is 1. The number of benzene rings is 1. The van der Waals surface area contributed by atoms with Crippen LogP contribution in [-0.2, 0) is 20.1 Å². The Morgan fingerprint density at radius 3 is 2.67 bits per heavy atom. The lowest BCUT2D eigenvalue weighted by atomic mass is 10.1. The molecular formula is C21H25N3O2S. The average molecular weight is 384 g/mol. The molecule has 0 saturated heterocycles. The van der Waals surface area contributed by atoms with E-state index in [1.807, 2.05) is 49.2 Å². The predicted molar refractivity (Wildman–Crippen MR) is 108 cm³/mol. The number of nitrogens with zero attached hydrogens (tertiary/aromatic N) is 2. The SMILES string of the molecule is CCc1ccc(OCc2csc(C(=O)NC(C)c3cnn(C)c3C)c2)cc1. The van der Waals surface area contributed by atoms with E-state index in [1.54, 1.807) is 6.20 Å². The molecule has 3 aromatic rings. The van der Waals surface area contributed by atoms with E-state index in [2.05, 4.69) is 29.5 Å². The van der Waals surface area contributed by atoms with Crippen molar-refractivity contribution in [3.05, 3.63) is 69.2 Å². The third-order valence-corrected chi connectivity index (χ3v) is 5.68. The fourth-order valence-electron chi connectivity index (χ4n) is 2.84. The van der Waals surface area contributed by atoms with Crippen LogP contribution in [0.15, 0.2) is 41.9 Å². The molecule has 0 aliphatic carbocycles. The maximum atomic E-state index is 12.5. The molecule has 5 nitrogen and oxygen atoms in total. The molecule has 2 heterocycles. The van der Waals surface area contributed by atoms with E-state index in [1.165, 1.54) is 16.9 Å². The average Bonchev–Trinajstić information content (AvgIpc) is 3.28. The Kier molecular flexibility index (Phi) is 5.96. The second-order valence-electron chi connectivity index (χ2n) is 6.61. The van der Waals surface area contributed by atoms with Gasteiger partial charge in [-0.05, 0) is 49.4 Å². The minimum Gasteiger partial charge on any atom is -0.489 e. The van der Waals surface area contributed by atoms with Crippen molar-refractivity contribution in [2.24, 2.45) is 7.05 Å². The highest BCUT2D eigenvalue weighted by atomic mass is 32.1. The maximum Gasteiger partial charge on any atom is 0.261 e. The number of thiophene rings is 1. The molecule has 1 atom stereocenters. The summed E-state index contributed by atoms with van der Waals surface area (Å²) in [4.78, 5) is 13.2. The first-order chi connectivity index (χ1) is 13.0. The van der Waals surface area contributed by atoms with E-state index in [0.717, 1.165) is 29.0 Å². The number of carbonyl (C=O) groups excluding carboxylic acids is 1. The first-order valence-corrected chi connectivity index (χ1v) is 9.94. The number of aryl methyl sites for hydroxylation is 2. The number of aromatic nitrogens is 2. The Balaban J connectivity index is 1.57. The molecule has 1 N–H and O–H groups in total. The normalized spacial score (nSPS) is 12.0. The number of hydrogen-bond acceptors (Lipinski definition) is 4. The molecule has 0 fully saturated rings. The quantitative estimate of drug-likeness (QED) is 0.657. The van der Waals surface area contributed by atoms with Crippen LogP contribution >= 0.6 is 11.3 Å². The molecule has 0 aliphatic rings. The van der Waals surface area contributed by atoms with Crippen molar-refractivity contribution in [3.8, 4) is 5.75 Å². The zero-order chi connectivity index (χ0) is 19.4. The predicted octanol–water partition coefficient (Wildman–Crippen LogP) is 4.42. The second-order valence-corrected chi connectivity index (χ2v) is 7.52. The molecule has 0 saturated carbocycles. The zero-order valence-corrected chi connectivity index (χ0v) is 17.0. The van der Waals surface area contributed by atoms with Crippen LogP contribution in [0.2, 0.25) is 0 Å². The second kappa shape index (κ2) is 8.39. The Hall–Kier alpha value is -2.60. The largest absolute Gasteiger partial charge is 0.489 e. The number of carbonyl (C=O) groups is 1. The van der Waals surface area contributed by atoms with E-state index >= 15 is 0 Å². The van der Waals surface area contributed by atoms with Gasteiger partial charge >= 0.3 is 0 Å². The van der Waals surface area contributed by atoms with Crippen molar-refractivity contribution in [1.29, 1.82) is 0 Å². The van der Waals surface area contributed by atoms with E-state index in [4.69, 9.17) is 4.74 Å². The van der Waals surface area contributed by atoms with Gasteiger partial charge in [0.25, 0.3) is 5.91 Å². The first kappa shape index (κ1) is 19.2. The minimum atomic E-state index is -0.0925. The fourth-order valence-corrected chi connectivity index (χ4v) is 3.64. The summed E-state index contributed by atoms with van der Waals surface area (Å²) < 4.78 is 7.63. The summed E-state index contributed by atoms with van der Waals surface area (Å²) in [5, 5.41) is 9.25. The minimum absolute atomic E-state index is 0.0747. The van der Waals surface area contributed by atoms with E-state index < -0.39 is 0 Å². The lowest BCUT2D eigenvalue weighted by Crippen LogP contribution is -2.26. The highest BCUT2D eigenvalue weighted by molar-refractivity contribution is 7.12. The topological polar surface area (TPSA) is 56.1 Å². The van der Waals surface area contributed by atoms with Crippen molar-refractivity contribution in [2.75, 3.05) is 0 Å². The number of ether oxygens (including phenoxy) is 1. The van der Waals surface area contributed by atoms with Crippen molar-refractivity contribution >= 4 is 17.2 Å². The van der Waals surface area contributed by atoms with Crippen LogP contribution in [0, 0.1) is 6.92 Å². The molecule has 27 heavy (non-hydrogen) atoms. The molecule has 1 aromatic carbocycles. The van der Waals surface area contributed by atoms with Gasteiger partial charge in [0.1, 0.15) is 12.4 Å². The third-order valence-electron chi connectivity index (χ3n) is 4.70. The van der Waals surface area contributed by atoms with Gasteiger partial charge in [0.15, 0.2) is 0 Å². The summed E-state index contributed by atoms with van der Waals surface area (Å²) in [6.07, 6.45) is 2.82. The molecule has 0 spiro atoms. The summed E-state index contributed by atoms with van der Waals surface area (Å²) in [6, 6.07) is 9.91. The van der Waals surface area contributed by atoms with Crippen LogP contribution in [0.1, 0.15) is 51.9 Å². The highest BCUT2D eigenvalue weighted by Gasteiger charge is 2.17. The Labute approximate surface area is 164 Å². The highest BCUT2D eigenvalue weighted by Crippen LogP contribution is 2.21. The molecule has 1 amide bonds. The van der Waals surface area contributed by atoms with Crippen LogP contribution in [0.3, 0.4) is 0 Å². The van der Waals surface area contributed by atoms with Crippen molar-refractivity contribution in [2.45, 2.75) is 39.8 Å². The molecule has 1 unspecified atom stereocenters. The van der Waals surface area contributed by atoms with Crippen molar-refractivity contribution in [3.63, 3.8) is 0 Å². The molecule has 3 rings (SSSR count). The fraction of sp³-hybridized carbons (Fsp3) is 0.333. The summed E-state index contributed by atoms with van der Waals surface area (Å²) in [5.41, 5.74) is 4.36. The van der Waals surface area contributed by atoms with Crippen LogP contribution in [-0.4, -0.2) is 15.7 Å². The molecular weight excluding hydrogens is 358 g/mol. The number of amides is 1. The monoisotopic (exact) mass is 383 g/mol. The maximum absolute atomic E-state index is 12.5. The molecule has 6 heteroatoms. The van der Waals surface area contributed by atoms with Gasteiger partial charge in [-0.1, -0.05) is 19.1 Å². The third kappa shape index (κ3) is 4.57. The van der Waals surface area contributed by atoms with Crippen LogP contribution in [0.4, 0.5) is 0 Å². The smallest absolute Gasteiger partial charge is 0.261 e. The van der Waals surface area contributed by atoms with Crippen molar-refractivity contribution < 1.29 is 9.53 Å². The van der Waals surface area contributed by atoms with Gasteiger partial charge in [0.2, 0.25) is 0 Å². The van der Waals surface area contributed by atoms with E-state index in [-0.39, 0.29) is 11.9 Å². The van der Waals surface area contributed by atoms with Crippen LogP contribution in [0.5, 0.6) is 5.75 Å². The van der Waals surface area contributed by atoms with Crippen LogP contribution < -0.4 is 10.1 Å². The molecule has 142 valence electrons. The van der Waals surface area contributed by atoms with Crippen molar-refractivity contribution in [1.82, 2.24) is 15.1 Å². The Morgan fingerprint density at radius 1 is 1.30 bits per heavy atom. The van der Waals surface area contributed by atoms with Gasteiger partial charge in [0.05, 0.1) is 17.1 Å². The number of rotatable bonds is 7. The lowest BCUT2D eigenvalue weighted by molar-refractivity contribution is 0.0944. The summed E-state index contributed by atoms with van der Waals surface area (Å²) in [5.74, 6) is 0.763. The standard InChI is InChI=1S/C21H25N3O2S/c1-5-16-6-8-18(9-7-16)26-12-17-10-20(27-13-17)21(25)23-14(2)19-11-22-24(4)15(19)3/h6-11,13-14H,5,12H2,1-4H3,(H,23,25). The molecule has 0 aliphatic heterocycles. The van der Waals surface area contributed by atoms with Gasteiger partial charge in [-0.3, -0.25) is 9.48 Å². The molecule has 2 aromatic heterocycles. The van der Waals surface area contributed by atoms with E-state index in [0.29, 0.717) is 11.5 Å². The van der Waals surface area contributed by atoms with Crippen LogP contribution in [0.25, 0.3) is 0 Å². The Morgan fingerprint density at radius 2 is 2.04 bits per heavy atom. The molecule has 0 bridgehead atoms. The van der Waals surface area contributed by atoms with Gasteiger partial charge in [-0.25, -0.2) is 0 Å². The van der Waals surface area contributed by atoms with Gasteiger partial charge in [-0.15, -0.1) is 11.3 Å². The lowest BCUT2D eigenvalue weighted by Gasteiger charge is -2.13. The molecule has 0 radical (unpaired) electrons. The Bertz CT molecular complexity index is 912. The summed E-state index contributed by atoms with van der Waals surface area (Å²) in [6.45, 7) is 6.55. The summed E-state index contributed by atoms with van der Waals surface area (Å²) >= 11 is 1.43. The van der Waals surface area contributed by atoms with Gasteiger partial charge < -0.3 is 10.1 Å². The summed E-state index contributed by atoms with van der Waals surface area (Å²) in [7, 11) is 1.90. The van der Waals surface area contributed by atoms with E-state index in [9.17, 15) is 4.79 Å². The first-order valence-electron chi connectivity index (χ1n) is 9.06. The van der Waals surface area contributed by atoms with Gasteiger partial charge in [0, 0.05) is 23.9 Å².